The minimum atomic E-state index is 0.336. The standard InChI is InChI=1S/C10H11N5O/c1-2-9(3-8-5-11-4-7(1)8)16-6-10-12-14-15-13-10/h1-3,11H,4-6H2,(H,12,13,14,15). The van der Waals surface area contributed by atoms with Crippen molar-refractivity contribution in [1.29, 1.82) is 0 Å². The van der Waals surface area contributed by atoms with E-state index in [0.29, 0.717) is 12.4 Å². The average molecular weight is 217 g/mol. The molecule has 1 aliphatic rings. The smallest absolute Gasteiger partial charge is 0.211 e. The molecule has 0 radical (unpaired) electrons. The molecule has 0 fully saturated rings. The molecule has 6 heteroatoms. The molecule has 0 saturated heterocycles. The summed E-state index contributed by atoms with van der Waals surface area (Å²) in [5, 5.41) is 16.8. The third-order valence-electron chi connectivity index (χ3n) is 2.57. The fraction of sp³-hybridized carbons (Fsp3) is 0.300. The van der Waals surface area contributed by atoms with Gasteiger partial charge in [0.05, 0.1) is 0 Å². The van der Waals surface area contributed by atoms with E-state index in [-0.39, 0.29) is 0 Å². The van der Waals surface area contributed by atoms with Gasteiger partial charge in [-0.15, -0.1) is 10.2 Å². The van der Waals surface area contributed by atoms with Crippen LogP contribution >= 0.6 is 0 Å². The lowest BCUT2D eigenvalue weighted by molar-refractivity contribution is 0.295. The summed E-state index contributed by atoms with van der Waals surface area (Å²) in [6.07, 6.45) is 0. The number of hydrogen-bond donors (Lipinski definition) is 2. The van der Waals surface area contributed by atoms with Gasteiger partial charge < -0.3 is 10.1 Å². The van der Waals surface area contributed by atoms with E-state index >= 15 is 0 Å². The molecule has 0 atom stereocenters. The highest BCUT2D eigenvalue weighted by molar-refractivity contribution is 5.37. The number of fused-ring (bicyclic) bond motifs is 1. The maximum Gasteiger partial charge on any atom is 0.211 e. The Balaban J connectivity index is 1.71. The summed E-state index contributed by atoms with van der Waals surface area (Å²) in [7, 11) is 0. The maximum atomic E-state index is 5.56. The highest BCUT2D eigenvalue weighted by Gasteiger charge is 2.10. The Bertz CT molecular complexity index is 482. The van der Waals surface area contributed by atoms with Crippen LogP contribution < -0.4 is 10.1 Å². The maximum absolute atomic E-state index is 5.56. The van der Waals surface area contributed by atoms with E-state index in [1.54, 1.807) is 0 Å². The van der Waals surface area contributed by atoms with Gasteiger partial charge >= 0.3 is 0 Å². The van der Waals surface area contributed by atoms with Crippen LogP contribution in [0, 0.1) is 0 Å². The van der Waals surface area contributed by atoms with Crippen LogP contribution in [0.3, 0.4) is 0 Å². The first-order valence-electron chi connectivity index (χ1n) is 5.09. The van der Waals surface area contributed by atoms with E-state index < -0.39 is 0 Å². The second kappa shape index (κ2) is 3.90. The van der Waals surface area contributed by atoms with Gasteiger partial charge in [-0.1, -0.05) is 11.3 Å². The molecule has 6 nitrogen and oxygen atoms in total. The van der Waals surface area contributed by atoms with Gasteiger partial charge in [0.15, 0.2) is 6.61 Å². The first-order valence-corrected chi connectivity index (χ1v) is 5.09. The van der Waals surface area contributed by atoms with Crippen LogP contribution in [0.15, 0.2) is 18.2 Å². The topological polar surface area (TPSA) is 75.7 Å². The van der Waals surface area contributed by atoms with Gasteiger partial charge in [0.1, 0.15) is 5.75 Å². The average Bonchev–Trinajstić information content (AvgIpc) is 2.97. The summed E-state index contributed by atoms with van der Waals surface area (Å²) >= 11 is 0. The number of nitrogens with one attached hydrogen (secondary N) is 2. The van der Waals surface area contributed by atoms with Crippen molar-refractivity contribution in [3.63, 3.8) is 0 Å². The molecule has 82 valence electrons. The van der Waals surface area contributed by atoms with Crippen molar-refractivity contribution in [1.82, 2.24) is 25.9 Å². The quantitative estimate of drug-likeness (QED) is 0.777. The van der Waals surface area contributed by atoms with Crippen molar-refractivity contribution >= 4 is 0 Å². The summed E-state index contributed by atoms with van der Waals surface area (Å²) in [6.45, 7) is 2.19. The van der Waals surface area contributed by atoms with E-state index in [4.69, 9.17) is 4.74 Å². The minimum Gasteiger partial charge on any atom is -0.485 e. The van der Waals surface area contributed by atoms with Gasteiger partial charge in [-0.05, 0) is 23.3 Å². The normalized spacial score (nSPS) is 13.8. The molecule has 0 saturated carbocycles. The Morgan fingerprint density at radius 3 is 3.06 bits per heavy atom. The molecule has 0 amide bonds. The summed E-state index contributed by atoms with van der Waals surface area (Å²) in [5.74, 6) is 1.39. The SMILES string of the molecule is c1cc2c(cc1OCc1nn[nH]n1)CNC2. The Hall–Kier alpha value is -1.95. The predicted octanol–water partition coefficient (Wildman–Crippen LogP) is 0.382. The minimum absolute atomic E-state index is 0.336. The second-order valence-electron chi connectivity index (χ2n) is 3.65. The molecule has 2 N–H and O–H groups in total. The van der Waals surface area contributed by atoms with Crippen LogP contribution in [-0.4, -0.2) is 20.6 Å². The lowest BCUT2D eigenvalue weighted by atomic mass is 10.1. The van der Waals surface area contributed by atoms with Crippen LogP contribution in [0.5, 0.6) is 5.75 Å². The highest BCUT2D eigenvalue weighted by atomic mass is 16.5. The third kappa shape index (κ3) is 1.74. The molecule has 0 bridgehead atoms. The van der Waals surface area contributed by atoms with E-state index in [2.05, 4.69) is 38.1 Å². The number of ether oxygens (including phenoxy) is 1. The van der Waals surface area contributed by atoms with Gasteiger partial charge in [-0.2, -0.15) is 5.21 Å². The summed E-state index contributed by atoms with van der Waals surface area (Å²) in [6, 6.07) is 6.10. The van der Waals surface area contributed by atoms with Gasteiger partial charge in [-0.25, -0.2) is 0 Å². The molecule has 1 aromatic carbocycles. The number of nitrogens with zero attached hydrogens (tertiary/aromatic N) is 3. The van der Waals surface area contributed by atoms with Crippen molar-refractivity contribution in [2.45, 2.75) is 19.7 Å². The zero-order chi connectivity index (χ0) is 10.8. The predicted molar refractivity (Wildman–Crippen MR) is 55.5 cm³/mol. The van der Waals surface area contributed by atoms with Crippen LogP contribution in [0.1, 0.15) is 17.0 Å². The molecule has 2 heterocycles. The molecule has 3 rings (SSSR count). The molecular formula is C10H11N5O. The molecule has 0 spiro atoms. The molecule has 0 unspecified atom stereocenters. The number of aromatic amines is 1. The highest BCUT2D eigenvalue weighted by Crippen LogP contribution is 2.21. The molecule has 1 aromatic heterocycles. The van der Waals surface area contributed by atoms with Crippen molar-refractivity contribution in [2.24, 2.45) is 0 Å². The fourth-order valence-corrected chi connectivity index (χ4v) is 1.75. The Morgan fingerprint density at radius 2 is 2.19 bits per heavy atom. The van der Waals surface area contributed by atoms with Crippen molar-refractivity contribution in [3.8, 4) is 5.75 Å². The molecular weight excluding hydrogens is 206 g/mol. The molecule has 0 aliphatic carbocycles. The number of aromatic nitrogens is 4. The number of tetrazole rings is 1. The van der Waals surface area contributed by atoms with E-state index in [1.807, 2.05) is 6.07 Å². The zero-order valence-corrected chi connectivity index (χ0v) is 8.60. The first kappa shape index (κ1) is 9.29. The van der Waals surface area contributed by atoms with E-state index in [0.717, 1.165) is 18.8 Å². The second-order valence-corrected chi connectivity index (χ2v) is 3.65. The molecule has 16 heavy (non-hydrogen) atoms. The molecule has 1 aliphatic heterocycles. The van der Waals surface area contributed by atoms with Gasteiger partial charge in [0.2, 0.25) is 5.82 Å². The van der Waals surface area contributed by atoms with Crippen LogP contribution in [0.2, 0.25) is 0 Å². The van der Waals surface area contributed by atoms with Crippen molar-refractivity contribution in [3.05, 3.63) is 35.2 Å². The summed E-state index contributed by atoms with van der Waals surface area (Å²) in [4.78, 5) is 0. The van der Waals surface area contributed by atoms with E-state index in [9.17, 15) is 0 Å². The van der Waals surface area contributed by atoms with Gasteiger partial charge in [-0.3, -0.25) is 0 Å². The Kier molecular flexibility index (Phi) is 2.26. The first-order chi connectivity index (χ1) is 7.92. The Labute approximate surface area is 92.0 Å². The summed E-state index contributed by atoms with van der Waals surface area (Å²) < 4.78 is 5.56. The van der Waals surface area contributed by atoms with Gasteiger partial charge in [0, 0.05) is 13.1 Å². The Morgan fingerprint density at radius 1 is 1.25 bits per heavy atom. The number of rotatable bonds is 3. The van der Waals surface area contributed by atoms with Crippen molar-refractivity contribution in [2.75, 3.05) is 0 Å². The number of hydrogen-bond acceptors (Lipinski definition) is 5. The fourth-order valence-electron chi connectivity index (χ4n) is 1.75. The lowest BCUT2D eigenvalue weighted by Gasteiger charge is -2.05. The summed E-state index contributed by atoms with van der Waals surface area (Å²) in [5.41, 5.74) is 2.64. The number of benzene rings is 1. The van der Waals surface area contributed by atoms with Crippen LogP contribution in [-0.2, 0) is 19.7 Å². The largest absolute Gasteiger partial charge is 0.485 e. The van der Waals surface area contributed by atoms with Crippen LogP contribution in [0.25, 0.3) is 0 Å². The lowest BCUT2D eigenvalue weighted by Crippen LogP contribution is -2.00. The van der Waals surface area contributed by atoms with E-state index in [1.165, 1.54) is 11.1 Å². The number of H-pyrrole nitrogens is 1. The molecule has 2 aromatic rings. The third-order valence-corrected chi connectivity index (χ3v) is 2.57. The van der Waals surface area contributed by atoms with Gasteiger partial charge in [0.25, 0.3) is 0 Å². The van der Waals surface area contributed by atoms with Crippen LogP contribution in [0.4, 0.5) is 0 Å². The monoisotopic (exact) mass is 217 g/mol. The van der Waals surface area contributed by atoms with Crippen molar-refractivity contribution < 1.29 is 4.74 Å². The zero-order valence-electron chi connectivity index (χ0n) is 8.60.